The van der Waals surface area contributed by atoms with Gasteiger partial charge in [-0.05, 0) is 11.4 Å². The van der Waals surface area contributed by atoms with Crippen LogP contribution in [0.4, 0.5) is 0 Å². The van der Waals surface area contributed by atoms with Gasteiger partial charge in [0.15, 0.2) is 0 Å². The van der Waals surface area contributed by atoms with Crippen molar-refractivity contribution in [1.82, 2.24) is 4.90 Å². The first-order chi connectivity index (χ1) is 10.1. The molecule has 0 saturated carbocycles. The second-order valence-corrected chi connectivity index (χ2v) is 6.07. The van der Waals surface area contributed by atoms with Gasteiger partial charge in [-0.25, -0.2) is 0 Å². The molecule has 22 heavy (non-hydrogen) atoms. The highest BCUT2D eigenvalue weighted by atomic mass is 35.5. The number of ether oxygens (including phenoxy) is 2. The van der Waals surface area contributed by atoms with Crippen LogP contribution in [0.1, 0.15) is 17.4 Å². The van der Waals surface area contributed by atoms with Crippen molar-refractivity contribution in [2.24, 2.45) is 5.73 Å². The molecule has 0 spiro atoms. The number of carbonyl (C=O) groups is 1. The average molecular weight is 351 g/mol. The van der Waals surface area contributed by atoms with Gasteiger partial charge in [0, 0.05) is 25.0 Å². The monoisotopic (exact) mass is 350 g/mol. The van der Waals surface area contributed by atoms with Crippen LogP contribution in [0.25, 0.3) is 0 Å². The predicted octanol–water partition coefficient (Wildman–Crippen LogP) is 0.795. The van der Waals surface area contributed by atoms with Crippen LogP contribution in [0.2, 0.25) is 0 Å². The van der Waals surface area contributed by atoms with Gasteiger partial charge in [-0.2, -0.15) is 0 Å². The number of nitrogens with two attached hydrogens (primary N) is 1. The molecule has 3 unspecified atom stereocenters. The number of amides is 1. The molecule has 1 amide bonds. The molecule has 0 radical (unpaired) electrons. The molecule has 126 valence electrons. The maximum absolute atomic E-state index is 12.4. The number of aliphatic hydroxyl groups is 1. The molecular formula is C14H23ClN2O4S. The third kappa shape index (κ3) is 4.91. The van der Waals surface area contributed by atoms with Crippen LogP contribution < -0.4 is 5.73 Å². The lowest BCUT2D eigenvalue weighted by molar-refractivity contribution is -0.143. The van der Waals surface area contributed by atoms with E-state index >= 15 is 0 Å². The molecule has 3 atom stereocenters. The van der Waals surface area contributed by atoms with E-state index in [9.17, 15) is 9.90 Å². The summed E-state index contributed by atoms with van der Waals surface area (Å²) < 4.78 is 10.4. The minimum atomic E-state index is -0.672. The zero-order valence-electron chi connectivity index (χ0n) is 12.5. The maximum atomic E-state index is 12.4. The Bertz CT molecular complexity index is 446. The van der Waals surface area contributed by atoms with Gasteiger partial charge in [-0.15, -0.1) is 23.7 Å². The van der Waals surface area contributed by atoms with Crippen LogP contribution in [0.3, 0.4) is 0 Å². The summed E-state index contributed by atoms with van der Waals surface area (Å²) in [5.41, 5.74) is 5.83. The van der Waals surface area contributed by atoms with E-state index in [1.165, 1.54) is 18.4 Å². The summed E-state index contributed by atoms with van der Waals surface area (Å²) in [6, 6.07) is 2.96. The Kier molecular flexibility index (Phi) is 8.30. The molecule has 0 aliphatic carbocycles. The smallest absolute Gasteiger partial charge is 0.242 e. The van der Waals surface area contributed by atoms with Crippen LogP contribution >= 0.6 is 23.7 Å². The summed E-state index contributed by atoms with van der Waals surface area (Å²) >= 11 is 1.50. The van der Waals surface area contributed by atoms with Crippen molar-refractivity contribution in [3.63, 3.8) is 0 Å². The van der Waals surface area contributed by atoms with Crippen molar-refractivity contribution in [3.05, 3.63) is 22.4 Å². The fourth-order valence-electron chi connectivity index (χ4n) is 2.46. The summed E-state index contributed by atoms with van der Waals surface area (Å²) in [5, 5.41) is 12.2. The second kappa shape index (κ2) is 9.44. The van der Waals surface area contributed by atoms with Crippen LogP contribution in [0.15, 0.2) is 17.5 Å². The summed E-state index contributed by atoms with van der Waals surface area (Å²) in [4.78, 5) is 15.0. The number of carbonyl (C=O) groups excluding carboxylic acids is 1. The number of hydrogen-bond donors (Lipinski definition) is 2. The average Bonchev–Trinajstić information content (AvgIpc) is 3.01. The van der Waals surface area contributed by atoms with E-state index in [-0.39, 0.29) is 31.0 Å². The van der Waals surface area contributed by atoms with Crippen LogP contribution in [-0.4, -0.2) is 61.5 Å². The SMILES string of the molecule is COCC(N)C(=O)N1CCOCC1CC(O)c1cccs1.Cl. The molecule has 1 saturated heterocycles. The first-order valence-electron chi connectivity index (χ1n) is 6.97. The van der Waals surface area contributed by atoms with Crippen molar-refractivity contribution in [2.75, 3.05) is 33.5 Å². The van der Waals surface area contributed by atoms with Gasteiger partial charge in [0.05, 0.1) is 32.0 Å². The molecule has 2 rings (SSSR count). The topological polar surface area (TPSA) is 85.0 Å². The molecular weight excluding hydrogens is 328 g/mol. The van der Waals surface area contributed by atoms with Gasteiger partial charge in [0.25, 0.3) is 0 Å². The summed E-state index contributed by atoms with van der Waals surface area (Å²) in [7, 11) is 1.52. The van der Waals surface area contributed by atoms with Crippen LogP contribution in [0.5, 0.6) is 0 Å². The van der Waals surface area contributed by atoms with Gasteiger partial charge >= 0.3 is 0 Å². The summed E-state index contributed by atoms with van der Waals surface area (Å²) in [6.07, 6.45) is -0.142. The van der Waals surface area contributed by atoms with E-state index < -0.39 is 12.1 Å². The highest BCUT2D eigenvalue weighted by molar-refractivity contribution is 7.10. The van der Waals surface area contributed by atoms with E-state index in [1.54, 1.807) is 4.90 Å². The molecule has 0 aromatic carbocycles. The fraction of sp³-hybridized carbons (Fsp3) is 0.643. The quantitative estimate of drug-likeness (QED) is 0.792. The Balaban J connectivity index is 0.00000242. The minimum Gasteiger partial charge on any atom is -0.387 e. The van der Waals surface area contributed by atoms with E-state index in [4.69, 9.17) is 15.2 Å². The Morgan fingerprint density at radius 1 is 1.68 bits per heavy atom. The molecule has 1 fully saturated rings. The Morgan fingerprint density at radius 3 is 3.09 bits per heavy atom. The van der Waals surface area contributed by atoms with Crippen molar-refractivity contribution < 1.29 is 19.4 Å². The number of rotatable bonds is 6. The lowest BCUT2D eigenvalue weighted by Gasteiger charge is -2.37. The highest BCUT2D eigenvalue weighted by Crippen LogP contribution is 2.26. The van der Waals surface area contributed by atoms with E-state index in [1.807, 2.05) is 17.5 Å². The number of halogens is 1. The second-order valence-electron chi connectivity index (χ2n) is 5.09. The predicted molar refractivity (Wildman–Crippen MR) is 87.3 cm³/mol. The number of hydrogen-bond acceptors (Lipinski definition) is 6. The molecule has 0 bridgehead atoms. The van der Waals surface area contributed by atoms with Crippen LogP contribution in [0, 0.1) is 0 Å². The third-order valence-corrected chi connectivity index (χ3v) is 4.51. The Hall–Kier alpha value is -0.700. The van der Waals surface area contributed by atoms with E-state index in [0.717, 1.165) is 4.88 Å². The van der Waals surface area contributed by atoms with Gasteiger partial charge in [-0.3, -0.25) is 4.79 Å². The standard InChI is InChI=1S/C14H22N2O4S.ClH/c1-19-9-11(15)14(18)16-4-5-20-8-10(16)7-12(17)13-3-2-6-21-13;/h2-3,6,10-12,17H,4-5,7-9,15H2,1H3;1H. The number of morpholine rings is 1. The lowest BCUT2D eigenvalue weighted by atomic mass is 10.0. The van der Waals surface area contributed by atoms with E-state index in [2.05, 4.69) is 0 Å². The van der Waals surface area contributed by atoms with Crippen molar-refractivity contribution in [1.29, 1.82) is 0 Å². The Labute approximate surface area is 140 Å². The van der Waals surface area contributed by atoms with Crippen molar-refractivity contribution in [2.45, 2.75) is 24.6 Å². The summed E-state index contributed by atoms with van der Waals surface area (Å²) in [6.45, 7) is 1.61. The van der Waals surface area contributed by atoms with E-state index in [0.29, 0.717) is 26.2 Å². The molecule has 8 heteroatoms. The highest BCUT2D eigenvalue weighted by Gasteiger charge is 2.32. The van der Waals surface area contributed by atoms with Crippen LogP contribution in [-0.2, 0) is 14.3 Å². The van der Waals surface area contributed by atoms with Gasteiger partial charge in [-0.1, -0.05) is 6.07 Å². The van der Waals surface area contributed by atoms with Gasteiger partial charge < -0.3 is 25.2 Å². The number of aliphatic hydroxyl groups excluding tert-OH is 1. The molecule has 1 aliphatic rings. The number of methoxy groups -OCH3 is 1. The van der Waals surface area contributed by atoms with Gasteiger partial charge in [0.1, 0.15) is 6.04 Å². The zero-order chi connectivity index (χ0) is 15.2. The lowest BCUT2D eigenvalue weighted by Crippen LogP contribution is -2.55. The van der Waals surface area contributed by atoms with Gasteiger partial charge in [0.2, 0.25) is 5.91 Å². The molecule has 2 heterocycles. The third-order valence-electron chi connectivity index (χ3n) is 3.54. The molecule has 1 aliphatic heterocycles. The first kappa shape index (κ1) is 19.3. The normalized spacial score (nSPS) is 21.0. The Morgan fingerprint density at radius 2 is 2.45 bits per heavy atom. The molecule has 6 nitrogen and oxygen atoms in total. The molecule has 1 aromatic heterocycles. The largest absolute Gasteiger partial charge is 0.387 e. The fourth-order valence-corrected chi connectivity index (χ4v) is 3.18. The maximum Gasteiger partial charge on any atom is 0.242 e. The first-order valence-corrected chi connectivity index (χ1v) is 7.85. The minimum absolute atomic E-state index is 0. The van der Waals surface area contributed by atoms with Crippen molar-refractivity contribution in [3.8, 4) is 0 Å². The molecule has 3 N–H and O–H groups in total. The van der Waals surface area contributed by atoms with Crippen molar-refractivity contribution >= 4 is 29.7 Å². The number of thiophene rings is 1. The number of nitrogens with zero attached hydrogens (tertiary/aromatic N) is 1. The summed E-state index contributed by atoms with van der Waals surface area (Å²) in [5.74, 6) is -0.150. The molecule has 1 aromatic rings. The zero-order valence-corrected chi connectivity index (χ0v) is 14.1.